The lowest BCUT2D eigenvalue weighted by molar-refractivity contribution is 0.0951. The lowest BCUT2D eigenvalue weighted by Crippen LogP contribution is -2.29. The smallest absolute Gasteiger partial charge is 0.255 e. The maximum Gasteiger partial charge on any atom is 0.255 e. The summed E-state index contributed by atoms with van der Waals surface area (Å²) in [6.07, 6.45) is 0. The van der Waals surface area contributed by atoms with E-state index in [2.05, 4.69) is 10.6 Å². The van der Waals surface area contributed by atoms with Crippen LogP contribution in [-0.4, -0.2) is 33.2 Å². The predicted octanol–water partition coefficient (Wildman–Crippen LogP) is 2.56. The minimum absolute atomic E-state index is 0.0525. The van der Waals surface area contributed by atoms with Crippen LogP contribution >= 0.6 is 0 Å². The fraction of sp³-hybridized carbons (Fsp3) is 0.222. The van der Waals surface area contributed by atoms with Crippen LogP contribution in [0.4, 0.5) is 10.1 Å². The van der Waals surface area contributed by atoms with Crippen LogP contribution in [0.3, 0.4) is 0 Å². The van der Waals surface area contributed by atoms with Crippen molar-refractivity contribution in [2.45, 2.75) is 0 Å². The van der Waals surface area contributed by atoms with Gasteiger partial charge < -0.3 is 20.1 Å². The maximum absolute atomic E-state index is 13.5. The van der Waals surface area contributed by atoms with E-state index in [1.807, 2.05) is 6.07 Å². The Morgan fingerprint density at radius 3 is 2.60 bits per heavy atom. The number of anilines is 1. The van der Waals surface area contributed by atoms with Crippen molar-refractivity contribution in [1.29, 1.82) is 5.26 Å². The number of carbonyl (C=O) groups excluding carboxylic acids is 1. The van der Waals surface area contributed by atoms with Crippen molar-refractivity contribution >= 4 is 11.6 Å². The third-order valence-electron chi connectivity index (χ3n) is 3.50. The molecular weight excluding hydrogens is 325 g/mol. The molecule has 7 heteroatoms. The zero-order chi connectivity index (χ0) is 18.2. The third kappa shape index (κ3) is 4.18. The highest BCUT2D eigenvalue weighted by molar-refractivity contribution is 5.97. The Morgan fingerprint density at radius 1 is 1.16 bits per heavy atom. The molecule has 0 aliphatic carbocycles. The number of hydrogen-bond acceptors (Lipinski definition) is 5. The standard InChI is InChI=1S/C18H18FN3O3/c1-24-16-8-3-5-12(17(16)25-2)18(23)22-10-9-21-15-7-4-6-14(19)13(15)11-20/h3-8,21H,9-10H2,1-2H3,(H,22,23). The van der Waals surface area contributed by atoms with Gasteiger partial charge in [0.25, 0.3) is 5.91 Å². The lowest BCUT2D eigenvalue weighted by atomic mass is 10.1. The maximum atomic E-state index is 13.5. The number of nitrogens with one attached hydrogen (secondary N) is 2. The van der Waals surface area contributed by atoms with E-state index < -0.39 is 5.82 Å². The molecule has 0 spiro atoms. The minimum Gasteiger partial charge on any atom is -0.493 e. The van der Waals surface area contributed by atoms with Crippen molar-refractivity contribution in [2.75, 3.05) is 32.6 Å². The monoisotopic (exact) mass is 343 g/mol. The molecule has 0 unspecified atom stereocenters. The van der Waals surface area contributed by atoms with Gasteiger partial charge in [-0.25, -0.2) is 4.39 Å². The zero-order valence-corrected chi connectivity index (χ0v) is 13.9. The normalized spacial score (nSPS) is 9.84. The highest BCUT2D eigenvalue weighted by Crippen LogP contribution is 2.30. The quantitative estimate of drug-likeness (QED) is 0.755. The second-order valence-electron chi connectivity index (χ2n) is 5.00. The first-order chi connectivity index (χ1) is 12.1. The van der Waals surface area contributed by atoms with E-state index in [1.165, 1.54) is 26.4 Å². The summed E-state index contributed by atoms with van der Waals surface area (Å²) in [5.74, 6) is -0.0889. The van der Waals surface area contributed by atoms with Crippen LogP contribution in [0.15, 0.2) is 36.4 Å². The summed E-state index contributed by atoms with van der Waals surface area (Å²) in [4.78, 5) is 12.3. The Kier molecular flexibility index (Phi) is 6.18. The fourth-order valence-electron chi connectivity index (χ4n) is 2.32. The van der Waals surface area contributed by atoms with Crippen LogP contribution in [0, 0.1) is 17.1 Å². The molecule has 25 heavy (non-hydrogen) atoms. The molecule has 2 N–H and O–H groups in total. The number of methoxy groups -OCH3 is 2. The molecule has 0 fully saturated rings. The molecular formula is C18H18FN3O3. The Labute approximate surface area is 145 Å². The van der Waals surface area contributed by atoms with Gasteiger partial charge in [-0.15, -0.1) is 0 Å². The van der Waals surface area contributed by atoms with E-state index in [-0.39, 0.29) is 18.0 Å². The van der Waals surface area contributed by atoms with Crippen LogP contribution in [-0.2, 0) is 0 Å². The van der Waals surface area contributed by atoms with Gasteiger partial charge in [-0.1, -0.05) is 12.1 Å². The predicted molar refractivity (Wildman–Crippen MR) is 91.5 cm³/mol. The molecule has 1 amide bonds. The Balaban J connectivity index is 1.96. The first kappa shape index (κ1) is 18.1. The Hall–Kier alpha value is -3.27. The van der Waals surface area contributed by atoms with Crippen molar-refractivity contribution in [3.63, 3.8) is 0 Å². The van der Waals surface area contributed by atoms with Gasteiger partial charge in [0.15, 0.2) is 11.5 Å². The van der Waals surface area contributed by atoms with E-state index in [1.54, 1.807) is 24.3 Å². The SMILES string of the molecule is COc1cccc(C(=O)NCCNc2cccc(F)c2C#N)c1OC. The number of rotatable bonds is 7. The van der Waals surface area contributed by atoms with E-state index >= 15 is 0 Å². The number of halogens is 1. The van der Waals surface area contributed by atoms with Crippen molar-refractivity contribution in [3.8, 4) is 17.6 Å². The number of amides is 1. The summed E-state index contributed by atoms with van der Waals surface area (Å²) in [6, 6.07) is 11.2. The van der Waals surface area contributed by atoms with Gasteiger partial charge in [0.1, 0.15) is 17.4 Å². The molecule has 2 rings (SSSR count). The van der Waals surface area contributed by atoms with E-state index in [0.717, 1.165) is 0 Å². The molecule has 0 heterocycles. The highest BCUT2D eigenvalue weighted by atomic mass is 19.1. The molecule has 2 aromatic carbocycles. The molecule has 0 saturated heterocycles. The van der Waals surface area contributed by atoms with Crippen LogP contribution in [0.1, 0.15) is 15.9 Å². The topological polar surface area (TPSA) is 83.4 Å². The molecule has 0 saturated carbocycles. The summed E-state index contributed by atoms with van der Waals surface area (Å²) in [5, 5.41) is 14.6. The van der Waals surface area contributed by atoms with Crippen LogP contribution in [0.25, 0.3) is 0 Å². The number of nitrogens with zero attached hydrogens (tertiary/aromatic N) is 1. The van der Waals surface area contributed by atoms with Gasteiger partial charge in [-0.2, -0.15) is 5.26 Å². The summed E-state index contributed by atoms with van der Waals surface area (Å²) >= 11 is 0. The summed E-state index contributed by atoms with van der Waals surface area (Å²) < 4.78 is 23.9. The van der Waals surface area contributed by atoms with Crippen LogP contribution < -0.4 is 20.1 Å². The van der Waals surface area contributed by atoms with Gasteiger partial charge in [-0.05, 0) is 24.3 Å². The highest BCUT2D eigenvalue weighted by Gasteiger charge is 2.15. The van der Waals surface area contributed by atoms with Crippen molar-refractivity contribution < 1.29 is 18.7 Å². The molecule has 0 atom stereocenters. The number of nitriles is 1. The van der Waals surface area contributed by atoms with Gasteiger partial charge in [0.2, 0.25) is 0 Å². The molecule has 2 aromatic rings. The number of carbonyl (C=O) groups is 1. The molecule has 0 aliphatic heterocycles. The molecule has 130 valence electrons. The van der Waals surface area contributed by atoms with Crippen molar-refractivity contribution in [1.82, 2.24) is 5.32 Å². The molecule has 0 radical (unpaired) electrons. The average Bonchev–Trinajstić information content (AvgIpc) is 2.64. The largest absolute Gasteiger partial charge is 0.493 e. The summed E-state index contributed by atoms with van der Waals surface area (Å²) in [5.41, 5.74) is 0.685. The van der Waals surface area contributed by atoms with Crippen molar-refractivity contribution in [2.24, 2.45) is 0 Å². The summed E-state index contributed by atoms with van der Waals surface area (Å²) in [6.45, 7) is 0.608. The fourth-order valence-corrected chi connectivity index (χ4v) is 2.32. The second kappa shape index (κ2) is 8.55. The van der Waals surface area contributed by atoms with E-state index in [9.17, 15) is 9.18 Å². The number of hydrogen-bond donors (Lipinski definition) is 2. The average molecular weight is 343 g/mol. The second-order valence-corrected chi connectivity index (χ2v) is 5.00. The molecule has 0 bridgehead atoms. The lowest BCUT2D eigenvalue weighted by Gasteiger charge is -2.13. The Morgan fingerprint density at radius 2 is 1.92 bits per heavy atom. The third-order valence-corrected chi connectivity index (χ3v) is 3.50. The number of ether oxygens (including phenoxy) is 2. The van der Waals surface area contributed by atoms with Crippen LogP contribution in [0.5, 0.6) is 11.5 Å². The van der Waals surface area contributed by atoms with Crippen molar-refractivity contribution in [3.05, 3.63) is 53.3 Å². The zero-order valence-electron chi connectivity index (χ0n) is 13.9. The van der Waals surface area contributed by atoms with Gasteiger partial charge >= 0.3 is 0 Å². The number of benzene rings is 2. The van der Waals surface area contributed by atoms with Gasteiger partial charge in [0.05, 0.1) is 25.5 Å². The first-order valence-corrected chi connectivity index (χ1v) is 7.54. The van der Waals surface area contributed by atoms with E-state index in [4.69, 9.17) is 14.7 Å². The van der Waals surface area contributed by atoms with Gasteiger partial charge in [-0.3, -0.25) is 4.79 Å². The number of para-hydroxylation sites is 1. The summed E-state index contributed by atoms with van der Waals surface area (Å²) in [7, 11) is 2.96. The molecule has 0 aromatic heterocycles. The van der Waals surface area contributed by atoms with Gasteiger partial charge in [0, 0.05) is 13.1 Å². The molecule has 0 aliphatic rings. The Bertz CT molecular complexity index is 803. The van der Waals surface area contributed by atoms with Crippen LogP contribution in [0.2, 0.25) is 0 Å². The minimum atomic E-state index is -0.586. The van der Waals surface area contributed by atoms with E-state index in [0.29, 0.717) is 29.3 Å². The molecule has 6 nitrogen and oxygen atoms in total. The first-order valence-electron chi connectivity index (χ1n) is 7.54.